The Morgan fingerprint density at radius 2 is 1.79 bits per heavy atom. The molecule has 0 unspecified atom stereocenters. The summed E-state index contributed by atoms with van der Waals surface area (Å²) in [6.45, 7) is 7.63. The third-order valence-corrected chi connectivity index (χ3v) is 8.40. The van der Waals surface area contributed by atoms with Crippen LogP contribution in [0, 0.1) is 5.92 Å². The topological polar surface area (TPSA) is 142 Å². The van der Waals surface area contributed by atoms with Gasteiger partial charge in [-0.05, 0) is 88.2 Å². The number of aromatic nitrogens is 1. The molecule has 1 aliphatic rings. The van der Waals surface area contributed by atoms with Crippen LogP contribution in [0.25, 0.3) is 0 Å². The first-order valence-electron chi connectivity index (χ1n) is 16.1. The monoisotopic (exact) mass is 646 g/mol. The third-order valence-electron chi connectivity index (χ3n) is 8.40. The zero-order chi connectivity index (χ0) is 33.9. The number of pyridine rings is 1. The number of anilines is 1. The summed E-state index contributed by atoms with van der Waals surface area (Å²) in [7, 11) is 1.99. The van der Waals surface area contributed by atoms with Crippen molar-refractivity contribution in [3.63, 3.8) is 0 Å². The SMILES string of the molecule is C[C@@H]1CN([C@@H](C)CO)C(=O)c2cc(NC(=O)c3ccncc3)ccc2O[C@@H](C)CCCCO[C@@H]1CN(C)Cc1ccc(C(=O)O)cc1. The number of carboxylic acids is 1. The minimum absolute atomic E-state index is 0.106. The lowest BCUT2D eigenvalue weighted by molar-refractivity contribution is -0.0177. The number of aromatic carboxylic acids is 1. The fraction of sp³-hybridized carbons (Fsp3) is 0.444. The van der Waals surface area contributed by atoms with Gasteiger partial charge in [0.1, 0.15) is 5.75 Å². The van der Waals surface area contributed by atoms with Gasteiger partial charge in [-0.1, -0.05) is 19.1 Å². The van der Waals surface area contributed by atoms with Gasteiger partial charge in [-0.2, -0.15) is 0 Å². The summed E-state index contributed by atoms with van der Waals surface area (Å²) in [5.41, 5.74) is 2.41. The first kappa shape index (κ1) is 35.5. The summed E-state index contributed by atoms with van der Waals surface area (Å²) in [6, 6.07) is 14.6. The molecule has 0 bridgehead atoms. The largest absolute Gasteiger partial charge is 0.490 e. The summed E-state index contributed by atoms with van der Waals surface area (Å²) in [4.78, 5) is 46.2. The van der Waals surface area contributed by atoms with Crippen molar-refractivity contribution in [3.05, 3.63) is 89.2 Å². The van der Waals surface area contributed by atoms with Gasteiger partial charge in [0.05, 0.1) is 36.0 Å². The lowest BCUT2D eigenvalue weighted by Gasteiger charge is -2.36. The van der Waals surface area contributed by atoms with E-state index in [0.29, 0.717) is 48.8 Å². The number of likely N-dealkylation sites (N-methyl/N-ethyl adjacent to an activating group) is 1. The maximum Gasteiger partial charge on any atom is 0.335 e. The van der Waals surface area contributed by atoms with E-state index in [1.165, 1.54) is 0 Å². The Bertz CT molecular complexity index is 1480. The molecule has 2 aromatic carbocycles. The van der Waals surface area contributed by atoms with Crippen molar-refractivity contribution in [1.29, 1.82) is 0 Å². The minimum atomic E-state index is -0.961. The molecule has 0 saturated carbocycles. The van der Waals surface area contributed by atoms with E-state index < -0.39 is 12.0 Å². The number of rotatable bonds is 9. The van der Waals surface area contributed by atoms with E-state index >= 15 is 0 Å². The number of hydrogen-bond acceptors (Lipinski definition) is 8. The Hall–Kier alpha value is -4.32. The Morgan fingerprint density at radius 3 is 2.47 bits per heavy atom. The van der Waals surface area contributed by atoms with E-state index in [-0.39, 0.29) is 42.1 Å². The number of hydrogen-bond donors (Lipinski definition) is 3. The average molecular weight is 647 g/mol. The number of carbonyl (C=O) groups excluding carboxylic acids is 2. The van der Waals surface area contributed by atoms with E-state index in [0.717, 1.165) is 24.8 Å². The normalized spacial score (nSPS) is 20.1. The maximum absolute atomic E-state index is 14.3. The van der Waals surface area contributed by atoms with Gasteiger partial charge >= 0.3 is 5.97 Å². The van der Waals surface area contributed by atoms with Gasteiger partial charge in [0.25, 0.3) is 11.8 Å². The standard InChI is InChI=1S/C36H46N4O7/c1-24-20-40(25(2)23-41)35(43)31-19-30(38-34(42)28-14-16-37-17-15-28)12-13-32(31)47-26(3)7-5-6-18-46-33(24)22-39(4)21-27-8-10-29(11-9-27)36(44)45/h8-17,19,24-26,33,41H,5-7,18,20-23H2,1-4H3,(H,38,42)(H,44,45)/t24-,25+,26+,33-/m1/s1. The van der Waals surface area contributed by atoms with E-state index in [1.807, 2.05) is 33.0 Å². The van der Waals surface area contributed by atoms with Crippen LogP contribution in [0.5, 0.6) is 5.75 Å². The molecule has 1 aromatic heterocycles. The fourth-order valence-electron chi connectivity index (χ4n) is 5.61. The highest BCUT2D eigenvalue weighted by atomic mass is 16.5. The van der Waals surface area contributed by atoms with Crippen LogP contribution >= 0.6 is 0 Å². The molecule has 252 valence electrons. The molecule has 11 nitrogen and oxygen atoms in total. The maximum atomic E-state index is 14.3. The summed E-state index contributed by atoms with van der Waals surface area (Å²) < 4.78 is 12.7. The molecule has 11 heteroatoms. The third kappa shape index (κ3) is 10.1. The zero-order valence-corrected chi connectivity index (χ0v) is 27.6. The first-order valence-corrected chi connectivity index (χ1v) is 16.1. The van der Waals surface area contributed by atoms with Crippen molar-refractivity contribution in [2.75, 3.05) is 38.7 Å². The smallest absolute Gasteiger partial charge is 0.335 e. The highest BCUT2D eigenvalue weighted by Crippen LogP contribution is 2.29. The molecular weight excluding hydrogens is 600 g/mol. The fourth-order valence-corrected chi connectivity index (χ4v) is 5.61. The molecule has 0 saturated heterocycles. The molecule has 2 heterocycles. The number of ether oxygens (including phenoxy) is 2. The molecule has 1 aliphatic heterocycles. The molecule has 0 aliphatic carbocycles. The Morgan fingerprint density at radius 1 is 1.06 bits per heavy atom. The number of fused-ring (bicyclic) bond motifs is 1. The van der Waals surface area contributed by atoms with E-state index in [4.69, 9.17) is 9.47 Å². The van der Waals surface area contributed by atoms with E-state index in [1.54, 1.807) is 66.7 Å². The molecule has 0 radical (unpaired) electrons. The summed E-state index contributed by atoms with van der Waals surface area (Å²) in [5, 5.41) is 22.3. The molecule has 4 atom stereocenters. The van der Waals surface area contributed by atoms with E-state index in [2.05, 4.69) is 15.2 Å². The van der Waals surface area contributed by atoms with E-state index in [9.17, 15) is 24.6 Å². The van der Waals surface area contributed by atoms with Crippen molar-refractivity contribution in [3.8, 4) is 5.75 Å². The van der Waals surface area contributed by atoms with Crippen molar-refractivity contribution in [2.24, 2.45) is 5.92 Å². The Kier molecular flexibility index (Phi) is 12.9. The Labute approximate surface area is 276 Å². The number of aliphatic hydroxyl groups is 1. The second-order valence-electron chi connectivity index (χ2n) is 12.4. The van der Waals surface area contributed by atoms with Gasteiger partial charge in [-0.3, -0.25) is 19.5 Å². The second-order valence-corrected chi connectivity index (χ2v) is 12.4. The molecule has 3 aromatic rings. The van der Waals surface area contributed by atoms with Gasteiger partial charge in [-0.15, -0.1) is 0 Å². The highest BCUT2D eigenvalue weighted by molar-refractivity contribution is 6.05. The van der Waals surface area contributed by atoms with Crippen molar-refractivity contribution in [2.45, 2.75) is 64.8 Å². The number of benzene rings is 2. The van der Waals surface area contributed by atoms with Gasteiger partial charge < -0.3 is 29.9 Å². The lowest BCUT2D eigenvalue weighted by atomic mass is 10.0. The quantitative estimate of drug-likeness (QED) is 0.294. The predicted molar refractivity (Wildman–Crippen MR) is 179 cm³/mol. The summed E-state index contributed by atoms with van der Waals surface area (Å²) in [6.07, 6.45) is 5.19. The van der Waals surface area contributed by atoms with Gasteiger partial charge in [0.15, 0.2) is 0 Å². The molecule has 0 spiro atoms. The molecular formula is C36H46N4O7. The highest BCUT2D eigenvalue weighted by Gasteiger charge is 2.30. The van der Waals surface area contributed by atoms with Gasteiger partial charge in [0.2, 0.25) is 0 Å². The van der Waals surface area contributed by atoms with Crippen LogP contribution in [0.15, 0.2) is 67.0 Å². The minimum Gasteiger partial charge on any atom is -0.490 e. The second kappa shape index (κ2) is 17.0. The summed E-state index contributed by atoms with van der Waals surface area (Å²) >= 11 is 0. The summed E-state index contributed by atoms with van der Waals surface area (Å²) in [5.74, 6) is -1.29. The number of carboxylic acid groups (broad SMARTS) is 1. The van der Waals surface area contributed by atoms with Gasteiger partial charge in [-0.25, -0.2) is 4.79 Å². The predicted octanol–water partition coefficient (Wildman–Crippen LogP) is 4.96. The van der Waals surface area contributed by atoms with Crippen LogP contribution in [0.4, 0.5) is 5.69 Å². The molecule has 4 rings (SSSR count). The number of carbonyl (C=O) groups is 3. The number of aliphatic hydroxyl groups excluding tert-OH is 1. The molecule has 0 fully saturated rings. The number of amides is 2. The van der Waals surface area contributed by atoms with Crippen LogP contribution in [0.1, 0.15) is 76.7 Å². The first-order chi connectivity index (χ1) is 22.5. The van der Waals surface area contributed by atoms with Crippen LogP contribution < -0.4 is 10.1 Å². The van der Waals surface area contributed by atoms with Crippen LogP contribution in [0.3, 0.4) is 0 Å². The van der Waals surface area contributed by atoms with Gasteiger partial charge in [0, 0.05) is 55.8 Å². The van der Waals surface area contributed by atoms with Crippen LogP contribution in [-0.2, 0) is 11.3 Å². The van der Waals surface area contributed by atoms with Crippen molar-refractivity contribution in [1.82, 2.24) is 14.8 Å². The van der Waals surface area contributed by atoms with Crippen molar-refractivity contribution >= 4 is 23.5 Å². The van der Waals surface area contributed by atoms with Crippen molar-refractivity contribution < 1.29 is 34.1 Å². The van der Waals surface area contributed by atoms with Crippen LogP contribution in [-0.4, -0.2) is 94.4 Å². The Balaban J connectivity index is 1.59. The average Bonchev–Trinajstić information content (AvgIpc) is 3.06. The molecule has 2 amide bonds. The molecule has 47 heavy (non-hydrogen) atoms. The van der Waals surface area contributed by atoms with Crippen LogP contribution in [0.2, 0.25) is 0 Å². The number of nitrogens with one attached hydrogen (secondary N) is 1. The zero-order valence-electron chi connectivity index (χ0n) is 27.6. The molecule has 3 N–H and O–H groups in total. The number of nitrogens with zero attached hydrogens (tertiary/aromatic N) is 3. The lowest BCUT2D eigenvalue weighted by Crippen LogP contribution is -2.47.